The molecule has 0 saturated carbocycles. The van der Waals surface area contributed by atoms with E-state index in [1.165, 1.54) is 0 Å². The lowest BCUT2D eigenvalue weighted by Gasteiger charge is -2.10. The van der Waals surface area contributed by atoms with E-state index in [0.29, 0.717) is 15.7 Å². The number of halogens is 2. The van der Waals surface area contributed by atoms with E-state index in [0.717, 1.165) is 5.56 Å². The first-order valence-corrected chi connectivity index (χ1v) is 4.94. The van der Waals surface area contributed by atoms with Crippen molar-refractivity contribution in [3.8, 4) is 0 Å². The fourth-order valence-corrected chi connectivity index (χ4v) is 1.44. The van der Waals surface area contributed by atoms with E-state index in [1.54, 1.807) is 12.1 Å². The molecule has 0 amide bonds. The summed E-state index contributed by atoms with van der Waals surface area (Å²) in [4.78, 5) is 0. The van der Waals surface area contributed by atoms with Crippen LogP contribution < -0.4 is 16.6 Å². The second-order valence-corrected chi connectivity index (χ2v) is 3.90. The lowest BCUT2D eigenvalue weighted by molar-refractivity contribution is 1.04. The smallest absolute Gasteiger partial charge is 0.185 e. The molecular formula is C8H9Cl2N3S. The number of anilines is 1. The molecule has 76 valence electrons. The summed E-state index contributed by atoms with van der Waals surface area (Å²) in [6.45, 7) is 1.87. The molecule has 0 aliphatic rings. The zero-order chi connectivity index (χ0) is 10.7. The number of rotatable bonds is 1. The van der Waals surface area contributed by atoms with Gasteiger partial charge in [-0.1, -0.05) is 23.2 Å². The van der Waals surface area contributed by atoms with Gasteiger partial charge in [-0.05, 0) is 36.8 Å². The van der Waals surface area contributed by atoms with E-state index in [2.05, 4.69) is 10.7 Å². The van der Waals surface area contributed by atoms with Crippen LogP contribution in [0.25, 0.3) is 0 Å². The van der Waals surface area contributed by atoms with Crippen molar-refractivity contribution in [2.45, 2.75) is 6.92 Å². The Morgan fingerprint density at radius 2 is 2.00 bits per heavy atom. The summed E-state index contributed by atoms with van der Waals surface area (Å²) in [7, 11) is 0. The highest BCUT2D eigenvalue weighted by Crippen LogP contribution is 2.28. The molecule has 0 aliphatic heterocycles. The topological polar surface area (TPSA) is 50.1 Å². The molecule has 1 aromatic carbocycles. The number of aryl methyl sites for hydroxylation is 1. The summed E-state index contributed by atoms with van der Waals surface area (Å²) in [6.07, 6.45) is 0. The lowest BCUT2D eigenvalue weighted by atomic mass is 10.2. The van der Waals surface area contributed by atoms with Crippen molar-refractivity contribution in [2.24, 2.45) is 5.84 Å². The average molecular weight is 250 g/mol. The minimum absolute atomic E-state index is 0.284. The van der Waals surface area contributed by atoms with Gasteiger partial charge in [0.2, 0.25) is 0 Å². The van der Waals surface area contributed by atoms with Gasteiger partial charge in [0.25, 0.3) is 0 Å². The zero-order valence-electron chi connectivity index (χ0n) is 7.40. The van der Waals surface area contributed by atoms with E-state index < -0.39 is 0 Å². The van der Waals surface area contributed by atoms with Gasteiger partial charge >= 0.3 is 0 Å². The molecule has 3 nitrogen and oxygen atoms in total. The molecule has 0 fully saturated rings. The molecule has 1 aromatic rings. The zero-order valence-corrected chi connectivity index (χ0v) is 9.72. The number of hydrogen-bond donors (Lipinski definition) is 3. The van der Waals surface area contributed by atoms with Crippen molar-refractivity contribution in [2.75, 3.05) is 5.32 Å². The maximum absolute atomic E-state index is 5.95. The molecule has 0 radical (unpaired) electrons. The highest BCUT2D eigenvalue weighted by atomic mass is 35.5. The minimum atomic E-state index is 0.284. The van der Waals surface area contributed by atoms with Crippen LogP contribution in [0.15, 0.2) is 12.1 Å². The third-order valence-corrected chi connectivity index (χ3v) is 2.57. The van der Waals surface area contributed by atoms with Crippen molar-refractivity contribution < 1.29 is 0 Å². The summed E-state index contributed by atoms with van der Waals surface area (Å²) in [5.74, 6) is 5.11. The number of hydrogen-bond acceptors (Lipinski definition) is 2. The highest BCUT2D eigenvalue weighted by Gasteiger charge is 2.05. The Morgan fingerprint density at radius 1 is 1.36 bits per heavy atom. The Bertz CT molecular complexity index is 368. The first kappa shape index (κ1) is 11.5. The summed E-state index contributed by atoms with van der Waals surface area (Å²) in [5, 5.41) is 4.26. The minimum Gasteiger partial charge on any atom is -0.330 e. The maximum atomic E-state index is 5.95. The van der Waals surface area contributed by atoms with Crippen LogP contribution in [0.1, 0.15) is 5.56 Å². The molecule has 1 rings (SSSR count). The first-order chi connectivity index (χ1) is 6.54. The summed E-state index contributed by atoms with van der Waals surface area (Å²) in [5.41, 5.74) is 3.83. The van der Waals surface area contributed by atoms with E-state index in [-0.39, 0.29) is 5.11 Å². The monoisotopic (exact) mass is 249 g/mol. The molecule has 0 bridgehead atoms. The predicted octanol–water partition coefficient (Wildman–Crippen LogP) is 2.46. The highest BCUT2D eigenvalue weighted by molar-refractivity contribution is 7.80. The van der Waals surface area contributed by atoms with E-state index in [1.807, 2.05) is 6.92 Å². The second-order valence-electron chi connectivity index (χ2n) is 2.68. The molecule has 0 heterocycles. The summed E-state index contributed by atoms with van der Waals surface area (Å²) in [6, 6.07) is 3.45. The van der Waals surface area contributed by atoms with Crippen LogP contribution in [0.2, 0.25) is 10.0 Å². The van der Waals surface area contributed by atoms with Gasteiger partial charge in [0.05, 0.1) is 10.7 Å². The van der Waals surface area contributed by atoms with Gasteiger partial charge in [-0.3, -0.25) is 0 Å². The second kappa shape index (κ2) is 4.79. The van der Waals surface area contributed by atoms with Crippen LogP contribution in [0.4, 0.5) is 5.69 Å². The molecule has 4 N–H and O–H groups in total. The van der Waals surface area contributed by atoms with Gasteiger partial charge in [0, 0.05) is 5.02 Å². The van der Waals surface area contributed by atoms with Gasteiger partial charge in [0.1, 0.15) is 0 Å². The summed E-state index contributed by atoms with van der Waals surface area (Å²) < 4.78 is 0. The quantitative estimate of drug-likeness (QED) is 0.407. The lowest BCUT2D eigenvalue weighted by Crippen LogP contribution is -2.34. The third kappa shape index (κ3) is 2.72. The van der Waals surface area contributed by atoms with Crippen LogP contribution in [0.3, 0.4) is 0 Å². The molecule has 6 heteroatoms. The molecule has 0 atom stereocenters. The molecule has 0 spiro atoms. The third-order valence-electron chi connectivity index (χ3n) is 1.63. The van der Waals surface area contributed by atoms with Crippen molar-refractivity contribution >= 4 is 46.2 Å². The number of nitrogens with one attached hydrogen (secondary N) is 2. The number of hydrazine groups is 1. The van der Waals surface area contributed by atoms with Crippen LogP contribution >= 0.6 is 35.4 Å². The van der Waals surface area contributed by atoms with E-state index in [4.69, 9.17) is 41.3 Å². The average Bonchev–Trinajstić information content (AvgIpc) is 2.14. The van der Waals surface area contributed by atoms with Crippen molar-refractivity contribution in [1.29, 1.82) is 0 Å². The van der Waals surface area contributed by atoms with Crippen molar-refractivity contribution in [3.05, 3.63) is 27.7 Å². The fourth-order valence-electron chi connectivity index (χ4n) is 0.900. The standard InChI is InChI=1S/C8H9Cl2N3S/c1-4-2-6(10)7(3-5(4)9)12-8(14)13-11/h2-3H,11H2,1H3,(H2,12,13,14). The van der Waals surface area contributed by atoms with Crippen LogP contribution in [0.5, 0.6) is 0 Å². The molecule has 0 aliphatic carbocycles. The van der Waals surface area contributed by atoms with E-state index >= 15 is 0 Å². The van der Waals surface area contributed by atoms with Gasteiger partial charge in [-0.25, -0.2) is 5.84 Å². The Balaban J connectivity index is 2.98. The molecular weight excluding hydrogens is 241 g/mol. The predicted molar refractivity (Wildman–Crippen MR) is 64.7 cm³/mol. The SMILES string of the molecule is Cc1cc(Cl)c(NC(=S)NN)cc1Cl. The largest absolute Gasteiger partial charge is 0.330 e. The normalized spacial score (nSPS) is 9.71. The molecule has 0 unspecified atom stereocenters. The van der Waals surface area contributed by atoms with E-state index in [9.17, 15) is 0 Å². The van der Waals surface area contributed by atoms with Crippen LogP contribution in [0, 0.1) is 6.92 Å². The van der Waals surface area contributed by atoms with Gasteiger partial charge < -0.3 is 10.7 Å². The Hall–Kier alpha value is -0.550. The van der Waals surface area contributed by atoms with Crippen molar-refractivity contribution in [1.82, 2.24) is 5.43 Å². The Kier molecular flexibility index (Phi) is 3.95. The molecule has 14 heavy (non-hydrogen) atoms. The first-order valence-electron chi connectivity index (χ1n) is 3.78. The number of benzene rings is 1. The van der Waals surface area contributed by atoms with Crippen LogP contribution in [-0.4, -0.2) is 5.11 Å². The van der Waals surface area contributed by atoms with Gasteiger partial charge in [-0.15, -0.1) is 0 Å². The molecule has 0 saturated heterocycles. The van der Waals surface area contributed by atoms with Gasteiger partial charge in [0.15, 0.2) is 5.11 Å². The van der Waals surface area contributed by atoms with Crippen LogP contribution in [-0.2, 0) is 0 Å². The fraction of sp³-hybridized carbons (Fsp3) is 0.125. The Labute approximate surface area is 97.5 Å². The van der Waals surface area contributed by atoms with Gasteiger partial charge in [-0.2, -0.15) is 0 Å². The number of nitrogens with two attached hydrogens (primary N) is 1. The maximum Gasteiger partial charge on any atom is 0.185 e. The number of thiocarbonyl (C=S) groups is 1. The Morgan fingerprint density at radius 3 is 2.57 bits per heavy atom. The van der Waals surface area contributed by atoms with Crippen molar-refractivity contribution in [3.63, 3.8) is 0 Å². The summed E-state index contributed by atoms with van der Waals surface area (Å²) >= 11 is 16.7. The molecule has 0 aromatic heterocycles.